The molecule has 1 rings (SSSR count). The van der Waals surface area contributed by atoms with Crippen LogP contribution in [0.4, 0.5) is 17.6 Å². The Labute approximate surface area is 74.7 Å². The molecule has 13 heavy (non-hydrogen) atoms. The molecule has 1 fully saturated rings. The Hall–Kier alpha value is -0.320. The lowest BCUT2D eigenvalue weighted by Crippen LogP contribution is -2.29. The van der Waals surface area contributed by atoms with Gasteiger partial charge < -0.3 is 0 Å². The second kappa shape index (κ2) is 3.44. The fourth-order valence-corrected chi connectivity index (χ4v) is 1.49. The van der Waals surface area contributed by atoms with Crippen molar-refractivity contribution < 1.29 is 17.6 Å². The zero-order valence-electron chi connectivity index (χ0n) is 7.49. The monoisotopic (exact) mass is 199 g/mol. The van der Waals surface area contributed by atoms with E-state index in [4.69, 9.17) is 0 Å². The number of nitrogens with zero attached hydrogens (tertiary/aromatic N) is 1. The number of rotatable bonds is 2. The van der Waals surface area contributed by atoms with Gasteiger partial charge in [-0.15, -0.1) is 0 Å². The lowest BCUT2D eigenvalue weighted by molar-refractivity contribution is -0.137. The van der Waals surface area contributed by atoms with Gasteiger partial charge in [-0.05, 0) is 13.3 Å². The number of halogens is 4. The molecule has 0 aliphatic carbocycles. The van der Waals surface area contributed by atoms with E-state index < -0.39 is 18.3 Å². The van der Waals surface area contributed by atoms with E-state index in [1.54, 1.807) is 0 Å². The predicted molar refractivity (Wildman–Crippen MR) is 41.2 cm³/mol. The molecule has 1 saturated heterocycles. The van der Waals surface area contributed by atoms with Crippen LogP contribution in [0.5, 0.6) is 0 Å². The summed E-state index contributed by atoms with van der Waals surface area (Å²) < 4.78 is 48.5. The number of hydrogen-bond acceptors (Lipinski definition) is 1. The molecule has 0 radical (unpaired) electrons. The lowest BCUT2D eigenvalue weighted by Gasteiger charge is -2.17. The van der Waals surface area contributed by atoms with Crippen LogP contribution in [0, 0.1) is 0 Å². The summed E-state index contributed by atoms with van der Waals surface area (Å²) in [5, 5.41) is 0. The van der Waals surface area contributed by atoms with Crippen molar-refractivity contribution in [3.8, 4) is 0 Å². The highest BCUT2D eigenvalue weighted by atomic mass is 19.4. The second-order valence-electron chi connectivity index (χ2n) is 3.80. The van der Waals surface area contributed by atoms with Gasteiger partial charge in [-0.25, -0.2) is 4.39 Å². The van der Waals surface area contributed by atoms with E-state index in [1.807, 2.05) is 0 Å². The number of alkyl halides is 4. The van der Waals surface area contributed by atoms with E-state index in [1.165, 1.54) is 11.8 Å². The molecule has 1 unspecified atom stereocenters. The SMILES string of the molecule is CC1(F)CCN(CCC(F)(F)F)C1. The summed E-state index contributed by atoms with van der Waals surface area (Å²) in [6.45, 7) is 1.91. The van der Waals surface area contributed by atoms with Crippen LogP contribution in [0.15, 0.2) is 0 Å². The molecule has 0 saturated carbocycles. The van der Waals surface area contributed by atoms with E-state index in [-0.39, 0.29) is 13.1 Å². The summed E-state index contributed by atoms with van der Waals surface area (Å²) in [6, 6.07) is 0. The maximum atomic E-state index is 13.2. The highest BCUT2D eigenvalue weighted by Gasteiger charge is 2.35. The molecule has 0 bridgehead atoms. The summed E-state index contributed by atoms with van der Waals surface area (Å²) >= 11 is 0. The molecule has 1 nitrogen and oxygen atoms in total. The van der Waals surface area contributed by atoms with Crippen molar-refractivity contribution in [1.82, 2.24) is 4.90 Å². The van der Waals surface area contributed by atoms with E-state index in [0.717, 1.165) is 0 Å². The zero-order chi connectivity index (χ0) is 10.1. The zero-order valence-corrected chi connectivity index (χ0v) is 7.49. The van der Waals surface area contributed by atoms with Gasteiger partial charge in [-0.1, -0.05) is 0 Å². The van der Waals surface area contributed by atoms with Crippen molar-refractivity contribution in [2.45, 2.75) is 31.6 Å². The Balaban J connectivity index is 2.25. The summed E-state index contributed by atoms with van der Waals surface area (Å²) in [7, 11) is 0. The average molecular weight is 199 g/mol. The first-order chi connectivity index (χ1) is 5.79. The van der Waals surface area contributed by atoms with Crippen LogP contribution in [-0.2, 0) is 0 Å². The van der Waals surface area contributed by atoms with Crippen LogP contribution in [0.3, 0.4) is 0 Å². The molecule has 0 aromatic heterocycles. The van der Waals surface area contributed by atoms with Gasteiger partial charge in [-0.2, -0.15) is 13.2 Å². The first-order valence-electron chi connectivity index (χ1n) is 4.27. The Kier molecular flexibility index (Phi) is 2.85. The fraction of sp³-hybridized carbons (Fsp3) is 1.00. The summed E-state index contributed by atoms with van der Waals surface area (Å²) in [5.41, 5.74) is -1.30. The Bertz CT molecular complexity index is 175. The molecular weight excluding hydrogens is 186 g/mol. The Morgan fingerprint density at radius 2 is 2.00 bits per heavy atom. The average Bonchev–Trinajstić information content (AvgIpc) is 2.24. The molecule has 1 aliphatic rings. The molecule has 0 aromatic rings. The van der Waals surface area contributed by atoms with Crippen LogP contribution in [-0.4, -0.2) is 36.4 Å². The van der Waals surface area contributed by atoms with Crippen molar-refractivity contribution in [2.75, 3.05) is 19.6 Å². The smallest absolute Gasteiger partial charge is 0.300 e. The third kappa shape index (κ3) is 3.93. The van der Waals surface area contributed by atoms with Gasteiger partial charge in [0.2, 0.25) is 0 Å². The highest BCUT2D eigenvalue weighted by Crippen LogP contribution is 2.26. The van der Waals surface area contributed by atoms with Crippen molar-refractivity contribution in [3.05, 3.63) is 0 Å². The summed E-state index contributed by atoms with van der Waals surface area (Å²) in [4.78, 5) is 1.52. The summed E-state index contributed by atoms with van der Waals surface area (Å²) in [5.74, 6) is 0. The molecule has 1 atom stereocenters. The van der Waals surface area contributed by atoms with Gasteiger partial charge in [0.05, 0.1) is 6.42 Å². The van der Waals surface area contributed by atoms with E-state index >= 15 is 0 Å². The highest BCUT2D eigenvalue weighted by molar-refractivity contribution is 4.86. The van der Waals surface area contributed by atoms with Crippen molar-refractivity contribution in [3.63, 3.8) is 0 Å². The molecule has 0 spiro atoms. The number of hydrogen-bond donors (Lipinski definition) is 0. The molecule has 1 heterocycles. The molecule has 1 aliphatic heterocycles. The van der Waals surface area contributed by atoms with Gasteiger partial charge in [0.15, 0.2) is 0 Å². The van der Waals surface area contributed by atoms with Crippen molar-refractivity contribution >= 4 is 0 Å². The standard InChI is InChI=1S/C8H13F4N/c1-7(9)2-4-13(6-7)5-3-8(10,11)12/h2-6H2,1H3. The molecule has 0 amide bonds. The Morgan fingerprint density at radius 3 is 2.38 bits per heavy atom. The van der Waals surface area contributed by atoms with Gasteiger partial charge in [0, 0.05) is 19.6 Å². The minimum absolute atomic E-state index is 0.0803. The minimum Gasteiger partial charge on any atom is -0.300 e. The molecule has 0 aromatic carbocycles. The third-order valence-electron chi connectivity index (χ3n) is 2.21. The van der Waals surface area contributed by atoms with E-state index in [0.29, 0.717) is 13.0 Å². The van der Waals surface area contributed by atoms with Gasteiger partial charge in [0.1, 0.15) is 5.67 Å². The van der Waals surface area contributed by atoms with Gasteiger partial charge in [0.25, 0.3) is 0 Å². The maximum Gasteiger partial charge on any atom is 0.390 e. The number of likely N-dealkylation sites (tertiary alicyclic amines) is 1. The maximum absolute atomic E-state index is 13.2. The van der Waals surface area contributed by atoms with Crippen LogP contribution >= 0.6 is 0 Å². The molecule has 0 N–H and O–H groups in total. The molecular formula is C8H13F4N. The topological polar surface area (TPSA) is 3.24 Å². The van der Waals surface area contributed by atoms with Crippen molar-refractivity contribution in [2.24, 2.45) is 0 Å². The minimum atomic E-state index is -4.13. The molecule has 5 heteroatoms. The lowest BCUT2D eigenvalue weighted by atomic mass is 10.1. The van der Waals surface area contributed by atoms with Gasteiger partial charge >= 0.3 is 6.18 Å². The third-order valence-corrected chi connectivity index (χ3v) is 2.21. The first kappa shape index (κ1) is 10.8. The van der Waals surface area contributed by atoms with E-state index in [2.05, 4.69) is 0 Å². The first-order valence-corrected chi connectivity index (χ1v) is 4.27. The quantitative estimate of drug-likeness (QED) is 0.617. The predicted octanol–water partition coefficient (Wildman–Crippen LogP) is 2.37. The van der Waals surface area contributed by atoms with Crippen LogP contribution in [0.2, 0.25) is 0 Å². The molecule has 78 valence electrons. The summed E-state index contributed by atoms with van der Waals surface area (Å²) in [6.07, 6.45) is -4.64. The second-order valence-corrected chi connectivity index (χ2v) is 3.80. The van der Waals surface area contributed by atoms with Crippen LogP contribution in [0.1, 0.15) is 19.8 Å². The van der Waals surface area contributed by atoms with Gasteiger partial charge in [-0.3, -0.25) is 4.90 Å². The van der Waals surface area contributed by atoms with Crippen LogP contribution < -0.4 is 0 Å². The fourth-order valence-electron chi connectivity index (χ4n) is 1.49. The normalized spacial score (nSPS) is 31.2. The van der Waals surface area contributed by atoms with Crippen LogP contribution in [0.25, 0.3) is 0 Å². The Morgan fingerprint density at radius 1 is 1.38 bits per heavy atom. The van der Waals surface area contributed by atoms with E-state index in [9.17, 15) is 17.6 Å². The van der Waals surface area contributed by atoms with Crippen molar-refractivity contribution in [1.29, 1.82) is 0 Å². The largest absolute Gasteiger partial charge is 0.390 e.